The summed E-state index contributed by atoms with van der Waals surface area (Å²) in [4.78, 5) is 12.4. The molecule has 1 heteroatoms. The predicted molar refractivity (Wildman–Crippen MR) is 69.4 cm³/mol. The highest BCUT2D eigenvalue weighted by molar-refractivity contribution is 6.10. The number of aryl methyl sites for hydroxylation is 3. The molecule has 0 aliphatic carbocycles. The molecule has 0 atom stereocenters. The van der Waals surface area contributed by atoms with Gasteiger partial charge in [0.15, 0.2) is 5.78 Å². The van der Waals surface area contributed by atoms with Crippen molar-refractivity contribution in [2.24, 2.45) is 0 Å². The molecule has 1 radical (unpaired) electrons. The van der Waals surface area contributed by atoms with E-state index in [9.17, 15) is 4.79 Å². The van der Waals surface area contributed by atoms with Crippen molar-refractivity contribution in [3.05, 3.63) is 70.3 Å². The predicted octanol–water partition coefficient (Wildman–Crippen LogP) is 3.64. The Morgan fingerprint density at radius 2 is 1.71 bits per heavy atom. The van der Waals surface area contributed by atoms with Crippen LogP contribution >= 0.6 is 0 Å². The molecule has 2 aromatic rings. The Hall–Kier alpha value is -1.89. The monoisotopic (exact) mass is 223 g/mol. The molecule has 0 bridgehead atoms. The highest BCUT2D eigenvalue weighted by atomic mass is 16.1. The minimum Gasteiger partial charge on any atom is -0.289 e. The van der Waals surface area contributed by atoms with Gasteiger partial charge in [-0.05, 0) is 43.5 Å². The van der Waals surface area contributed by atoms with Gasteiger partial charge in [0.05, 0.1) is 0 Å². The second-order valence-electron chi connectivity index (χ2n) is 4.33. The molecular weight excluding hydrogens is 208 g/mol. The third-order valence-corrected chi connectivity index (χ3v) is 2.85. The van der Waals surface area contributed by atoms with Crippen LogP contribution in [0.1, 0.15) is 32.6 Å². The van der Waals surface area contributed by atoms with E-state index < -0.39 is 0 Å². The summed E-state index contributed by atoms with van der Waals surface area (Å²) >= 11 is 0. The fourth-order valence-corrected chi connectivity index (χ4v) is 2.17. The lowest BCUT2D eigenvalue weighted by Crippen LogP contribution is -2.06. The minimum atomic E-state index is 0.0804. The molecule has 0 fully saturated rings. The average molecular weight is 223 g/mol. The third kappa shape index (κ3) is 2.28. The first kappa shape index (κ1) is 11.6. The van der Waals surface area contributed by atoms with Crippen LogP contribution in [-0.4, -0.2) is 5.78 Å². The van der Waals surface area contributed by atoms with Crippen molar-refractivity contribution >= 4 is 5.78 Å². The van der Waals surface area contributed by atoms with Gasteiger partial charge in [-0.2, -0.15) is 0 Å². The van der Waals surface area contributed by atoms with E-state index in [0.29, 0.717) is 0 Å². The molecule has 0 unspecified atom stereocenters. The zero-order chi connectivity index (χ0) is 12.4. The van der Waals surface area contributed by atoms with E-state index in [1.165, 1.54) is 0 Å². The highest BCUT2D eigenvalue weighted by Gasteiger charge is 2.14. The Labute approximate surface area is 102 Å². The molecule has 0 N–H and O–H groups in total. The number of hydrogen-bond acceptors (Lipinski definition) is 1. The lowest BCUT2D eigenvalue weighted by molar-refractivity contribution is 0.103. The lowest BCUT2D eigenvalue weighted by atomic mass is 9.93. The smallest absolute Gasteiger partial charge is 0.193 e. The van der Waals surface area contributed by atoms with Crippen molar-refractivity contribution in [3.63, 3.8) is 0 Å². The van der Waals surface area contributed by atoms with Crippen LogP contribution in [0.15, 0.2) is 36.4 Å². The van der Waals surface area contributed by atoms with Gasteiger partial charge < -0.3 is 0 Å². The van der Waals surface area contributed by atoms with Gasteiger partial charge in [-0.25, -0.2) is 0 Å². The van der Waals surface area contributed by atoms with Crippen LogP contribution in [0.5, 0.6) is 0 Å². The molecule has 0 amide bonds. The van der Waals surface area contributed by atoms with E-state index in [1.807, 2.05) is 57.2 Å². The molecule has 0 aliphatic rings. The van der Waals surface area contributed by atoms with E-state index in [4.69, 9.17) is 0 Å². The minimum absolute atomic E-state index is 0.0804. The Morgan fingerprint density at radius 1 is 1.06 bits per heavy atom. The lowest BCUT2D eigenvalue weighted by Gasteiger charge is -2.09. The Kier molecular flexibility index (Phi) is 3.10. The van der Waals surface area contributed by atoms with Gasteiger partial charge in [0.1, 0.15) is 0 Å². The number of hydrogen-bond donors (Lipinski definition) is 0. The van der Waals surface area contributed by atoms with Crippen LogP contribution in [0.4, 0.5) is 0 Å². The number of carbonyl (C=O) groups is 1. The van der Waals surface area contributed by atoms with Gasteiger partial charge in [-0.15, -0.1) is 0 Å². The van der Waals surface area contributed by atoms with Gasteiger partial charge in [0.2, 0.25) is 0 Å². The summed E-state index contributed by atoms with van der Waals surface area (Å²) in [6.45, 7) is 5.91. The number of rotatable bonds is 2. The molecule has 0 saturated carbocycles. The summed E-state index contributed by atoms with van der Waals surface area (Å²) in [5.74, 6) is 0.0804. The van der Waals surface area contributed by atoms with Crippen LogP contribution < -0.4 is 0 Å². The van der Waals surface area contributed by atoms with E-state index in [2.05, 4.69) is 6.07 Å². The van der Waals surface area contributed by atoms with Crippen LogP contribution in [-0.2, 0) is 0 Å². The van der Waals surface area contributed by atoms with Gasteiger partial charge >= 0.3 is 0 Å². The summed E-state index contributed by atoms with van der Waals surface area (Å²) < 4.78 is 0. The van der Waals surface area contributed by atoms with Crippen LogP contribution in [0, 0.1) is 26.8 Å². The molecule has 0 aromatic heterocycles. The summed E-state index contributed by atoms with van der Waals surface area (Å²) in [5.41, 5.74) is 4.53. The molecule has 0 saturated heterocycles. The standard InChI is InChI=1S/C16H15O/c1-11-9-12(2)15(13(3)10-11)16(17)14-7-5-4-6-8-14/h4-9H,1-3H3. The third-order valence-electron chi connectivity index (χ3n) is 2.85. The zero-order valence-electron chi connectivity index (χ0n) is 10.4. The number of benzene rings is 2. The van der Waals surface area contributed by atoms with Gasteiger partial charge in [0, 0.05) is 11.1 Å². The van der Waals surface area contributed by atoms with Crippen LogP contribution in [0.25, 0.3) is 0 Å². The largest absolute Gasteiger partial charge is 0.289 e. The summed E-state index contributed by atoms with van der Waals surface area (Å²) in [6, 6.07) is 14.6. The van der Waals surface area contributed by atoms with Crippen molar-refractivity contribution in [1.82, 2.24) is 0 Å². The molecule has 2 rings (SSSR count). The summed E-state index contributed by atoms with van der Waals surface area (Å²) in [5, 5.41) is 0. The molecule has 2 aromatic carbocycles. The molecule has 0 aliphatic heterocycles. The number of ketones is 1. The molecular formula is C16H15O. The Morgan fingerprint density at radius 3 is 2.29 bits per heavy atom. The van der Waals surface area contributed by atoms with E-state index in [-0.39, 0.29) is 5.78 Å². The van der Waals surface area contributed by atoms with Crippen molar-refractivity contribution in [1.29, 1.82) is 0 Å². The van der Waals surface area contributed by atoms with E-state index in [0.717, 1.165) is 27.8 Å². The normalized spacial score (nSPS) is 10.3. The van der Waals surface area contributed by atoms with E-state index >= 15 is 0 Å². The second kappa shape index (κ2) is 4.54. The molecule has 17 heavy (non-hydrogen) atoms. The first-order valence-corrected chi connectivity index (χ1v) is 5.69. The molecule has 85 valence electrons. The van der Waals surface area contributed by atoms with Crippen LogP contribution in [0.3, 0.4) is 0 Å². The van der Waals surface area contributed by atoms with Crippen molar-refractivity contribution in [2.75, 3.05) is 0 Å². The van der Waals surface area contributed by atoms with Crippen molar-refractivity contribution in [3.8, 4) is 0 Å². The molecule has 0 heterocycles. The summed E-state index contributed by atoms with van der Waals surface area (Å²) in [7, 11) is 0. The SMILES string of the molecule is Cc1[c]c(C)c(C(=O)c2ccccc2)c(C)c1. The maximum Gasteiger partial charge on any atom is 0.193 e. The van der Waals surface area contributed by atoms with Gasteiger partial charge in [0.25, 0.3) is 0 Å². The first-order valence-electron chi connectivity index (χ1n) is 5.69. The Bertz CT molecular complexity index is 530. The second-order valence-corrected chi connectivity index (χ2v) is 4.33. The maximum atomic E-state index is 12.4. The fourth-order valence-electron chi connectivity index (χ4n) is 2.17. The summed E-state index contributed by atoms with van der Waals surface area (Å²) in [6.07, 6.45) is 0. The molecule has 1 nitrogen and oxygen atoms in total. The zero-order valence-corrected chi connectivity index (χ0v) is 10.4. The van der Waals surface area contributed by atoms with Gasteiger partial charge in [-0.1, -0.05) is 36.4 Å². The first-order chi connectivity index (χ1) is 8.09. The van der Waals surface area contributed by atoms with Crippen molar-refractivity contribution in [2.45, 2.75) is 20.8 Å². The fraction of sp³-hybridized carbons (Fsp3) is 0.188. The van der Waals surface area contributed by atoms with Crippen LogP contribution in [0.2, 0.25) is 0 Å². The Balaban J connectivity index is 2.52. The maximum absolute atomic E-state index is 12.4. The van der Waals surface area contributed by atoms with Gasteiger partial charge in [-0.3, -0.25) is 4.79 Å². The quantitative estimate of drug-likeness (QED) is 0.710. The van der Waals surface area contributed by atoms with Crippen molar-refractivity contribution < 1.29 is 4.79 Å². The topological polar surface area (TPSA) is 17.1 Å². The molecule has 0 spiro atoms. The average Bonchev–Trinajstić information content (AvgIpc) is 2.28. The van der Waals surface area contributed by atoms with E-state index in [1.54, 1.807) is 0 Å². The highest BCUT2D eigenvalue weighted by Crippen LogP contribution is 2.19. The number of carbonyl (C=O) groups excluding carboxylic acids is 1.